The second kappa shape index (κ2) is 6.01. The lowest BCUT2D eigenvalue weighted by molar-refractivity contribution is -0.132. The van der Waals surface area contributed by atoms with Gasteiger partial charge in [0.1, 0.15) is 0 Å². The Labute approximate surface area is 109 Å². The molecule has 1 amide bonds. The minimum atomic E-state index is 0.284. The van der Waals surface area contributed by atoms with Crippen molar-refractivity contribution in [1.82, 2.24) is 4.90 Å². The molecule has 0 heterocycles. The molecule has 3 heteroatoms. The summed E-state index contributed by atoms with van der Waals surface area (Å²) in [5, 5.41) is 0. The summed E-state index contributed by atoms with van der Waals surface area (Å²) in [6, 6.07) is 8.10. The van der Waals surface area contributed by atoms with E-state index >= 15 is 0 Å². The van der Waals surface area contributed by atoms with Crippen LogP contribution in [0.3, 0.4) is 0 Å². The molecule has 0 aliphatic heterocycles. The first kappa shape index (κ1) is 13.1. The Morgan fingerprint density at radius 3 is 2.56 bits per heavy atom. The molecule has 0 unspecified atom stereocenters. The van der Waals surface area contributed by atoms with Crippen molar-refractivity contribution in [3.05, 3.63) is 35.4 Å². The van der Waals surface area contributed by atoms with E-state index in [4.69, 9.17) is 5.73 Å². The highest BCUT2D eigenvalue weighted by molar-refractivity contribution is 5.76. The number of amides is 1. The van der Waals surface area contributed by atoms with Crippen molar-refractivity contribution in [1.29, 1.82) is 0 Å². The standard InChI is InChI=1S/C15H22N2O/c1-2-17(15(18)9-12-7-8-12)11-14-6-4-3-5-13(14)10-16/h3-6,12H,2,7-11,16H2,1H3. The number of carbonyl (C=O) groups is 1. The lowest BCUT2D eigenvalue weighted by Gasteiger charge is -2.22. The van der Waals surface area contributed by atoms with Gasteiger partial charge in [-0.15, -0.1) is 0 Å². The molecule has 1 fully saturated rings. The van der Waals surface area contributed by atoms with Gasteiger partial charge in [-0.25, -0.2) is 0 Å². The van der Waals surface area contributed by atoms with Gasteiger partial charge in [0.25, 0.3) is 0 Å². The first-order chi connectivity index (χ1) is 8.74. The summed E-state index contributed by atoms with van der Waals surface area (Å²) in [7, 11) is 0. The van der Waals surface area contributed by atoms with Crippen LogP contribution >= 0.6 is 0 Å². The summed E-state index contributed by atoms with van der Waals surface area (Å²) in [5.41, 5.74) is 8.04. The number of benzene rings is 1. The molecule has 2 N–H and O–H groups in total. The van der Waals surface area contributed by atoms with Gasteiger partial charge in [-0.1, -0.05) is 24.3 Å². The van der Waals surface area contributed by atoms with Crippen molar-refractivity contribution < 1.29 is 4.79 Å². The van der Waals surface area contributed by atoms with Crippen LogP contribution in [0.1, 0.15) is 37.3 Å². The molecule has 2 rings (SSSR count). The van der Waals surface area contributed by atoms with E-state index in [0.29, 0.717) is 19.0 Å². The van der Waals surface area contributed by atoms with Gasteiger partial charge in [0.05, 0.1) is 0 Å². The maximum atomic E-state index is 12.1. The third-order valence-corrected chi connectivity index (χ3v) is 3.59. The zero-order valence-electron chi connectivity index (χ0n) is 11.1. The summed E-state index contributed by atoms with van der Waals surface area (Å²) in [6.45, 7) is 4.03. The molecule has 0 saturated heterocycles. The summed E-state index contributed by atoms with van der Waals surface area (Å²) in [6.07, 6.45) is 3.17. The molecule has 18 heavy (non-hydrogen) atoms. The van der Waals surface area contributed by atoms with E-state index in [1.165, 1.54) is 18.4 Å². The van der Waals surface area contributed by atoms with Crippen LogP contribution in [0.2, 0.25) is 0 Å². The van der Waals surface area contributed by atoms with Gasteiger partial charge in [0.2, 0.25) is 5.91 Å². The van der Waals surface area contributed by atoms with Gasteiger partial charge in [0.15, 0.2) is 0 Å². The highest BCUT2D eigenvalue weighted by Gasteiger charge is 2.26. The lowest BCUT2D eigenvalue weighted by atomic mass is 10.1. The number of nitrogens with two attached hydrogens (primary N) is 1. The molecule has 1 saturated carbocycles. The molecular formula is C15H22N2O. The molecule has 0 spiro atoms. The van der Waals surface area contributed by atoms with Crippen LogP contribution in [0.25, 0.3) is 0 Å². The monoisotopic (exact) mass is 246 g/mol. The zero-order chi connectivity index (χ0) is 13.0. The second-order valence-corrected chi connectivity index (χ2v) is 5.03. The van der Waals surface area contributed by atoms with E-state index in [1.807, 2.05) is 30.0 Å². The second-order valence-electron chi connectivity index (χ2n) is 5.03. The number of hydrogen-bond acceptors (Lipinski definition) is 2. The Bertz CT molecular complexity index is 413. The van der Waals surface area contributed by atoms with Gasteiger partial charge in [0, 0.05) is 26.1 Å². The Kier molecular flexibility index (Phi) is 4.37. The van der Waals surface area contributed by atoms with Crippen LogP contribution in [0, 0.1) is 5.92 Å². The fourth-order valence-electron chi connectivity index (χ4n) is 2.19. The van der Waals surface area contributed by atoms with Crippen LogP contribution in [-0.2, 0) is 17.9 Å². The van der Waals surface area contributed by atoms with Gasteiger partial charge < -0.3 is 10.6 Å². The van der Waals surface area contributed by atoms with Gasteiger partial charge in [-0.2, -0.15) is 0 Å². The molecule has 1 aromatic rings. The smallest absolute Gasteiger partial charge is 0.223 e. The highest BCUT2D eigenvalue weighted by Crippen LogP contribution is 2.33. The first-order valence-electron chi connectivity index (χ1n) is 6.79. The molecule has 1 aromatic carbocycles. The Morgan fingerprint density at radius 1 is 1.33 bits per heavy atom. The van der Waals surface area contributed by atoms with E-state index in [-0.39, 0.29) is 5.91 Å². The van der Waals surface area contributed by atoms with Gasteiger partial charge >= 0.3 is 0 Å². The van der Waals surface area contributed by atoms with Crippen molar-refractivity contribution in [3.8, 4) is 0 Å². The summed E-state index contributed by atoms with van der Waals surface area (Å²) in [4.78, 5) is 14.1. The molecule has 0 aromatic heterocycles. The van der Waals surface area contributed by atoms with Crippen LogP contribution in [0.15, 0.2) is 24.3 Å². The molecule has 3 nitrogen and oxygen atoms in total. The normalized spacial score (nSPS) is 14.6. The molecule has 0 radical (unpaired) electrons. The highest BCUT2D eigenvalue weighted by atomic mass is 16.2. The topological polar surface area (TPSA) is 46.3 Å². The summed E-state index contributed by atoms with van der Waals surface area (Å²) < 4.78 is 0. The molecule has 0 bridgehead atoms. The molecule has 1 aliphatic rings. The Balaban J connectivity index is 2.01. The maximum absolute atomic E-state index is 12.1. The number of carbonyl (C=O) groups excluding carboxylic acids is 1. The molecule has 98 valence electrons. The van der Waals surface area contributed by atoms with E-state index in [9.17, 15) is 4.79 Å². The number of hydrogen-bond donors (Lipinski definition) is 1. The van der Waals surface area contributed by atoms with E-state index < -0.39 is 0 Å². The van der Waals surface area contributed by atoms with Crippen molar-refractivity contribution in [2.24, 2.45) is 11.7 Å². The van der Waals surface area contributed by atoms with Crippen molar-refractivity contribution in [3.63, 3.8) is 0 Å². The number of rotatable bonds is 6. The predicted molar refractivity (Wildman–Crippen MR) is 72.8 cm³/mol. The van der Waals surface area contributed by atoms with Crippen molar-refractivity contribution in [2.45, 2.75) is 39.3 Å². The van der Waals surface area contributed by atoms with Crippen LogP contribution in [0.5, 0.6) is 0 Å². The fraction of sp³-hybridized carbons (Fsp3) is 0.533. The van der Waals surface area contributed by atoms with Crippen LogP contribution in [0.4, 0.5) is 0 Å². The van der Waals surface area contributed by atoms with Gasteiger partial charge in [-0.3, -0.25) is 4.79 Å². The summed E-state index contributed by atoms with van der Waals surface area (Å²) in [5.74, 6) is 0.933. The SMILES string of the molecule is CCN(Cc1ccccc1CN)C(=O)CC1CC1. The average Bonchev–Trinajstić information content (AvgIpc) is 3.20. The van der Waals surface area contributed by atoms with Crippen molar-refractivity contribution in [2.75, 3.05) is 6.54 Å². The Morgan fingerprint density at radius 2 is 2.00 bits per heavy atom. The minimum Gasteiger partial charge on any atom is -0.339 e. The van der Waals surface area contributed by atoms with E-state index in [2.05, 4.69) is 6.07 Å². The first-order valence-corrected chi connectivity index (χ1v) is 6.79. The van der Waals surface area contributed by atoms with Crippen molar-refractivity contribution >= 4 is 5.91 Å². The average molecular weight is 246 g/mol. The van der Waals surface area contributed by atoms with E-state index in [1.54, 1.807) is 0 Å². The quantitative estimate of drug-likeness (QED) is 0.837. The molecular weight excluding hydrogens is 224 g/mol. The third-order valence-electron chi connectivity index (χ3n) is 3.59. The van der Waals surface area contributed by atoms with Gasteiger partial charge in [-0.05, 0) is 36.8 Å². The van der Waals surface area contributed by atoms with Crippen LogP contribution < -0.4 is 5.73 Å². The largest absolute Gasteiger partial charge is 0.339 e. The molecule has 0 atom stereocenters. The maximum Gasteiger partial charge on any atom is 0.223 e. The lowest BCUT2D eigenvalue weighted by Crippen LogP contribution is -2.31. The van der Waals surface area contributed by atoms with Crippen LogP contribution in [-0.4, -0.2) is 17.4 Å². The predicted octanol–water partition coefficient (Wildman–Crippen LogP) is 2.29. The molecule has 1 aliphatic carbocycles. The fourth-order valence-corrected chi connectivity index (χ4v) is 2.19. The summed E-state index contributed by atoms with van der Waals surface area (Å²) >= 11 is 0. The number of nitrogens with zero attached hydrogens (tertiary/aromatic N) is 1. The zero-order valence-corrected chi connectivity index (χ0v) is 11.1. The van der Waals surface area contributed by atoms with E-state index in [0.717, 1.165) is 18.5 Å². The Hall–Kier alpha value is -1.35. The minimum absolute atomic E-state index is 0.284. The third kappa shape index (κ3) is 3.33.